The molecule has 0 saturated carbocycles. The number of nitriles is 1. The van der Waals surface area contributed by atoms with Crippen molar-refractivity contribution >= 4 is 17.5 Å². The molecule has 1 heterocycles. The van der Waals surface area contributed by atoms with Gasteiger partial charge in [-0.25, -0.2) is 4.98 Å². The average Bonchev–Trinajstić information content (AvgIpc) is 2.56. The first kappa shape index (κ1) is 17.6. The highest BCUT2D eigenvalue weighted by molar-refractivity contribution is 5.66. The minimum atomic E-state index is -1.04. The zero-order valence-corrected chi connectivity index (χ0v) is 11.6. The van der Waals surface area contributed by atoms with E-state index in [-0.39, 0.29) is 36.2 Å². The maximum Gasteiger partial charge on any atom is 0.313 e. The summed E-state index contributed by atoms with van der Waals surface area (Å²) >= 11 is 0. The van der Waals surface area contributed by atoms with Crippen LogP contribution < -0.4 is 10.6 Å². The van der Waals surface area contributed by atoms with Crippen LogP contribution in [0.4, 0.5) is 17.5 Å². The lowest BCUT2D eigenvalue weighted by Gasteiger charge is -2.13. The zero-order chi connectivity index (χ0) is 16.5. The molecular formula is C12H16N6O4. The molecule has 1 rings (SSSR count). The SMILES string of the molecule is [C-]#[N+]c1nc(C#N)c(NCC(O)CO)nc1NCC(O)CO. The van der Waals surface area contributed by atoms with Crippen LogP contribution in [-0.4, -0.2) is 68.9 Å². The third-order valence-corrected chi connectivity index (χ3v) is 2.52. The molecule has 0 amide bonds. The van der Waals surface area contributed by atoms with E-state index in [0.29, 0.717) is 0 Å². The van der Waals surface area contributed by atoms with E-state index in [2.05, 4.69) is 25.4 Å². The number of anilines is 2. The second-order valence-corrected chi connectivity index (χ2v) is 4.25. The summed E-state index contributed by atoms with van der Waals surface area (Å²) in [5, 5.41) is 50.4. The fourth-order valence-corrected chi connectivity index (χ4v) is 1.38. The van der Waals surface area contributed by atoms with Gasteiger partial charge in [0.25, 0.3) is 5.69 Å². The van der Waals surface area contributed by atoms with Gasteiger partial charge in [0.05, 0.1) is 25.4 Å². The van der Waals surface area contributed by atoms with Crippen LogP contribution in [0.15, 0.2) is 0 Å². The predicted molar refractivity (Wildman–Crippen MR) is 76.2 cm³/mol. The van der Waals surface area contributed by atoms with Crippen molar-refractivity contribution in [3.63, 3.8) is 0 Å². The van der Waals surface area contributed by atoms with E-state index in [1.165, 1.54) is 0 Å². The van der Waals surface area contributed by atoms with Crippen molar-refractivity contribution in [3.8, 4) is 6.07 Å². The van der Waals surface area contributed by atoms with Crippen molar-refractivity contribution in [3.05, 3.63) is 17.1 Å². The van der Waals surface area contributed by atoms with Crippen molar-refractivity contribution in [1.82, 2.24) is 9.97 Å². The van der Waals surface area contributed by atoms with Gasteiger partial charge in [0.15, 0.2) is 11.6 Å². The highest BCUT2D eigenvalue weighted by Gasteiger charge is 2.17. The fourth-order valence-electron chi connectivity index (χ4n) is 1.38. The molecule has 0 saturated heterocycles. The number of hydrogen-bond acceptors (Lipinski definition) is 9. The predicted octanol–water partition coefficient (Wildman–Crippen LogP) is -1.57. The van der Waals surface area contributed by atoms with E-state index in [0.717, 1.165) is 0 Å². The van der Waals surface area contributed by atoms with Gasteiger partial charge in [0.1, 0.15) is 6.07 Å². The minimum absolute atomic E-state index is 0.0301. The lowest BCUT2D eigenvalue weighted by Crippen LogP contribution is -2.25. The molecule has 0 spiro atoms. The molecule has 10 nitrogen and oxygen atoms in total. The summed E-state index contributed by atoms with van der Waals surface area (Å²) in [6, 6.07) is 1.77. The Kier molecular flexibility index (Phi) is 6.95. The third-order valence-electron chi connectivity index (χ3n) is 2.52. The number of hydrogen-bond donors (Lipinski definition) is 6. The molecule has 0 aliphatic carbocycles. The highest BCUT2D eigenvalue weighted by Crippen LogP contribution is 2.24. The second kappa shape index (κ2) is 8.71. The van der Waals surface area contributed by atoms with Gasteiger partial charge in [-0.15, -0.1) is 4.98 Å². The maximum absolute atomic E-state index is 9.29. The van der Waals surface area contributed by atoms with Crippen LogP contribution in [0, 0.1) is 17.9 Å². The Balaban J connectivity index is 3.00. The zero-order valence-electron chi connectivity index (χ0n) is 11.6. The topological polar surface area (TPSA) is 159 Å². The molecule has 1 aromatic rings. The summed E-state index contributed by atoms with van der Waals surface area (Å²) in [6.45, 7) is 5.99. The highest BCUT2D eigenvalue weighted by atomic mass is 16.3. The van der Waals surface area contributed by atoms with Gasteiger partial charge in [-0.1, -0.05) is 6.57 Å². The first-order valence-corrected chi connectivity index (χ1v) is 6.30. The van der Waals surface area contributed by atoms with Crippen LogP contribution in [0.2, 0.25) is 0 Å². The summed E-state index contributed by atoms with van der Waals surface area (Å²) in [5.41, 5.74) is -0.135. The Morgan fingerprint density at radius 1 is 1.09 bits per heavy atom. The van der Waals surface area contributed by atoms with Crippen LogP contribution in [0.3, 0.4) is 0 Å². The number of aliphatic hydroxyl groups excluding tert-OH is 4. The van der Waals surface area contributed by atoms with Crippen molar-refractivity contribution in [2.45, 2.75) is 12.2 Å². The van der Waals surface area contributed by atoms with E-state index in [1.807, 2.05) is 0 Å². The summed E-state index contributed by atoms with van der Waals surface area (Å²) < 4.78 is 0. The van der Waals surface area contributed by atoms with Crippen molar-refractivity contribution < 1.29 is 20.4 Å². The maximum atomic E-state index is 9.29. The number of aromatic nitrogens is 2. The number of nitrogens with zero attached hydrogens (tertiary/aromatic N) is 4. The molecular weight excluding hydrogens is 292 g/mol. The van der Waals surface area contributed by atoms with Crippen molar-refractivity contribution in [2.24, 2.45) is 0 Å². The Hall–Kier alpha value is -2.50. The number of aliphatic hydroxyl groups is 4. The molecule has 6 N–H and O–H groups in total. The molecule has 22 heavy (non-hydrogen) atoms. The first-order valence-electron chi connectivity index (χ1n) is 6.30. The van der Waals surface area contributed by atoms with Crippen LogP contribution >= 0.6 is 0 Å². The molecule has 0 aliphatic rings. The van der Waals surface area contributed by atoms with E-state index >= 15 is 0 Å². The van der Waals surface area contributed by atoms with Gasteiger partial charge >= 0.3 is 5.82 Å². The Morgan fingerprint density at radius 3 is 2.09 bits per heavy atom. The molecule has 2 unspecified atom stereocenters. The lowest BCUT2D eigenvalue weighted by molar-refractivity contribution is 0.105. The first-order chi connectivity index (χ1) is 10.5. The largest absolute Gasteiger partial charge is 0.394 e. The van der Waals surface area contributed by atoms with Gasteiger partial charge in [0, 0.05) is 13.1 Å². The number of nitrogens with one attached hydrogen (secondary N) is 2. The summed E-state index contributed by atoms with van der Waals surface area (Å²) in [7, 11) is 0. The molecule has 0 aliphatic heterocycles. The molecule has 0 fully saturated rings. The van der Waals surface area contributed by atoms with Crippen molar-refractivity contribution in [2.75, 3.05) is 36.9 Å². The molecule has 0 radical (unpaired) electrons. The molecule has 2 atom stereocenters. The van der Waals surface area contributed by atoms with Crippen LogP contribution in [0.5, 0.6) is 0 Å². The standard InChI is InChI=1S/C12H16N6O4/c1-14-11-12(16-4-8(22)6-20)18-10(9(2-13)17-11)15-3-7(21)5-19/h7-8,19-22H,3-6H2,(H2,15,16,18). The summed E-state index contributed by atoms with van der Waals surface area (Å²) in [5.74, 6) is -0.0965. The third kappa shape index (κ3) is 4.80. The summed E-state index contributed by atoms with van der Waals surface area (Å²) in [6.07, 6.45) is -2.08. The van der Waals surface area contributed by atoms with E-state index in [1.54, 1.807) is 6.07 Å². The minimum Gasteiger partial charge on any atom is -0.394 e. The van der Waals surface area contributed by atoms with E-state index < -0.39 is 25.4 Å². The van der Waals surface area contributed by atoms with Gasteiger partial charge in [-0.05, 0) is 0 Å². The van der Waals surface area contributed by atoms with Crippen LogP contribution in [-0.2, 0) is 0 Å². The van der Waals surface area contributed by atoms with Gasteiger partial charge in [-0.2, -0.15) is 5.26 Å². The van der Waals surface area contributed by atoms with Gasteiger partial charge in [-0.3, -0.25) is 0 Å². The molecule has 1 aromatic heterocycles. The second-order valence-electron chi connectivity index (χ2n) is 4.25. The quantitative estimate of drug-likeness (QED) is 0.312. The fraction of sp³-hybridized carbons (Fsp3) is 0.500. The normalized spacial score (nSPS) is 12.8. The Labute approximate surface area is 126 Å². The molecule has 0 aromatic carbocycles. The monoisotopic (exact) mass is 308 g/mol. The lowest BCUT2D eigenvalue weighted by atomic mass is 10.3. The smallest absolute Gasteiger partial charge is 0.313 e. The van der Waals surface area contributed by atoms with Gasteiger partial charge in [0.2, 0.25) is 0 Å². The van der Waals surface area contributed by atoms with Crippen molar-refractivity contribution in [1.29, 1.82) is 5.26 Å². The van der Waals surface area contributed by atoms with Crippen LogP contribution in [0.1, 0.15) is 5.69 Å². The Morgan fingerprint density at radius 2 is 1.64 bits per heavy atom. The number of rotatable bonds is 8. The van der Waals surface area contributed by atoms with E-state index in [4.69, 9.17) is 22.0 Å². The average molecular weight is 308 g/mol. The van der Waals surface area contributed by atoms with E-state index in [9.17, 15) is 10.2 Å². The Bertz CT molecular complexity index is 535. The summed E-state index contributed by atoms with van der Waals surface area (Å²) in [4.78, 5) is 11.0. The molecule has 10 heteroatoms. The van der Waals surface area contributed by atoms with Gasteiger partial charge < -0.3 is 35.9 Å². The molecule has 118 valence electrons. The van der Waals surface area contributed by atoms with Crippen LogP contribution in [0.25, 0.3) is 4.85 Å². The molecule has 0 bridgehead atoms.